The van der Waals surface area contributed by atoms with Crippen LogP contribution in [0.15, 0.2) is 71.6 Å². The molecule has 7 nitrogen and oxygen atoms in total. The first-order valence-electron chi connectivity index (χ1n) is 8.42. The molecule has 0 amide bonds. The van der Waals surface area contributed by atoms with Crippen molar-refractivity contribution in [3.05, 3.63) is 82.4 Å². The van der Waals surface area contributed by atoms with E-state index >= 15 is 0 Å². The van der Waals surface area contributed by atoms with Gasteiger partial charge in [0.1, 0.15) is 0 Å². The molecule has 1 aromatic heterocycles. The van der Waals surface area contributed by atoms with Crippen LogP contribution in [-0.4, -0.2) is 18.3 Å². The number of hydrogen-bond donors (Lipinski definition) is 1. The van der Waals surface area contributed by atoms with Gasteiger partial charge in [0.25, 0.3) is 15.7 Å². The predicted molar refractivity (Wildman–Crippen MR) is 108 cm³/mol. The Morgan fingerprint density at radius 3 is 2.07 bits per heavy atom. The fourth-order valence-corrected chi connectivity index (χ4v) is 4.22. The molecule has 28 heavy (non-hydrogen) atoms. The van der Waals surface area contributed by atoms with Crippen LogP contribution in [0.3, 0.4) is 0 Å². The molecule has 4 aromatic rings. The molecule has 0 saturated heterocycles. The number of benzene rings is 3. The molecule has 0 aliphatic heterocycles. The zero-order valence-electron chi connectivity index (χ0n) is 14.8. The third kappa shape index (κ3) is 3.03. The molecule has 3 aromatic carbocycles. The molecule has 0 spiro atoms. The molecule has 0 atom stereocenters. The lowest BCUT2D eigenvalue weighted by molar-refractivity contribution is -0.385. The van der Waals surface area contributed by atoms with Gasteiger partial charge in [0.05, 0.1) is 26.5 Å². The Bertz CT molecular complexity index is 1300. The van der Waals surface area contributed by atoms with E-state index in [9.17, 15) is 18.5 Å². The number of fused-ring (bicyclic) bond motifs is 2. The van der Waals surface area contributed by atoms with E-state index < -0.39 is 14.9 Å². The fraction of sp³-hybridized carbons (Fsp3) is 0.0500. The lowest BCUT2D eigenvalue weighted by Gasteiger charge is -2.14. The van der Waals surface area contributed by atoms with E-state index in [1.807, 2.05) is 12.1 Å². The van der Waals surface area contributed by atoms with Gasteiger partial charge in [-0.25, -0.2) is 13.4 Å². The average Bonchev–Trinajstić information content (AvgIpc) is 2.67. The van der Waals surface area contributed by atoms with Crippen molar-refractivity contribution in [3.63, 3.8) is 0 Å². The van der Waals surface area contributed by atoms with Crippen molar-refractivity contribution in [2.75, 3.05) is 4.72 Å². The highest BCUT2D eigenvalue weighted by Gasteiger charge is 2.22. The number of pyridine rings is 1. The highest BCUT2D eigenvalue weighted by molar-refractivity contribution is 7.92. The maximum absolute atomic E-state index is 13.0. The van der Waals surface area contributed by atoms with Crippen molar-refractivity contribution >= 4 is 43.2 Å². The van der Waals surface area contributed by atoms with Crippen LogP contribution in [-0.2, 0) is 10.0 Å². The van der Waals surface area contributed by atoms with Crippen LogP contribution >= 0.6 is 0 Å². The summed E-state index contributed by atoms with van der Waals surface area (Å²) < 4.78 is 28.7. The Morgan fingerprint density at radius 2 is 1.50 bits per heavy atom. The van der Waals surface area contributed by atoms with Crippen molar-refractivity contribution in [1.82, 2.24) is 4.98 Å². The summed E-state index contributed by atoms with van der Waals surface area (Å²) >= 11 is 0. The van der Waals surface area contributed by atoms with Crippen molar-refractivity contribution in [2.24, 2.45) is 0 Å². The van der Waals surface area contributed by atoms with Gasteiger partial charge in [0.2, 0.25) is 0 Å². The number of para-hydroxylation sites is 2. The largest absolute Gasteiger partial charge is 0.278 e. The van der Waals surface area contributed by atoms with Crippen molar-refractivity contribution < 1.29 is 13.3 Å². The summed E-state index contributed by atoms with van der Waals surface area (Å²) in [5.74, 6) is 0. The molecular formula is C20H15N3O4S. The van der Waals surface area contributed by atoms with Gasteiger partial charge in [-0.05, 0) is 25.1 Å². The topological polar surface area (TPSA) is 102 Å². The van der Waals surface area contributed by atoms with Crippen molar-refractivity contribution in [3.8, 4) is 0 Å². The van der Waals surface area contributed by atoms with Crippen LogP contribution in [0.2, 0.25) is 0 Å². The van der Waals surface area contributed by atoms with Crippen LogP contribution in [0.5, 0.6) is 0 Å². The smallest absolute Gasteiger partial charge is 0.273 e. The van der Waals surface area contributed by atoms with E-state index in [1.54, 1.807) is 43.3 Å². The fourth-order valence-electron chi connectivity index (χ4n) is 3.10. The van der Waals surface area contributed by atoms with Gasteiger partial charge in [-0.1, -0.05) is 42.5 Å². The molecule has 0 aliphatic rings. The Hall–Kier alpha value is -3.52. The SMILES string of the molecule is Cc1ccc(S(=O)(=O)Nc2c3ccccc3nc3ccccc23)cc1[N+](=O)[O-]. The van der Waals surface area contributed by atoms with Crippen LogP contribution in [0.25, 0.3) is 21.8 Å². The number of rotatable bonds is 4. The average molecular weight is 393 g/mol. The molecule has 0 bridgehead atoms. The summed E-state index contributed by atoms with van der Waals surface area (Å²) in [5.41, 5.74) is 1.84. The Labute approximate surface area is 160 Å². The molecule has 0 radical (unpaired) electrons. The second kappa shape index (κ2) is 6.58. The normalized spacial score (nSPS) is 11.6. The van der Waals surface area contributed by atoms with Gasteiger partial charge in [0.15, 0.2) is 0 Å². The van der Waals surface area contributed by atoms with Crippen LogP contribution in [0.1, 0.15) is 5.56 Å². The van der Waals surface area contributed by atoms with Gasteiger partial charge >= 0.3 is 0 Å². The first-order valence-corrected chi connectivity index (χ1v) is 9.90. The van der Waals surface area contributed by atoms with E-state index in [4.69, 9.17) is 0 Å². The number of aromatic nitrogens is 1. The lowest BCUT2D eigenvalue weighted by atomic mass is 10.1. The summed E-state index contributed by atoms with van der Waals surface area (Å²) in [6.45, 7) is 1.56. The minimum Gasteiger partial charge on any atom is -0.278 e. The van der Waals surface area contributed by atoms with Crippen molar-refractivity contribution in [1.29, 1.82) is 0 Å². The third-order valence-corrected chi connectivity index (χ3v) is 5.86. The number of aryl methyl sites for hydroxylation is 1. The van der Waals surface area contributed by atoms with Crippen LogP contribution in [0, 0.1) is 17.0 Å². The first-order chi connectivity index (χ1) is 13.4. The number of nitro groups is 1. The molecule has 1 N–H and O–H groups in total. The summed E-state index contributed by atoms with van der Waals surface area (Å²) in [7, 11) is -4.05. The van der Waals surface area contributed by atoms with E-state index in [2.05, 4.69) is 9.71 Å². The number of nitrogens with zero attached hydrogens (tertiary/aromatic N) is 2. The van der Waals surface area contributed by atoms with Gasteiger partial charge < -0.3 is 0 Å². The number of nitro benzene ring substituents is 1. The maximum Gasteiger partial charge on any atom is 0.273 e. The molecule has 0 aliphatic carbocycles. The minimum atomic E-state index is -4.05. The lowest BCUT2D eigenvalue weighted by Crippen LogP contribution is -2.14. The van der Waals surface area contributed by atoms with Gasteiger partial charge in [-0.2, -0.15) is 0 Å². The molecular weight excluding hydrogens is 378 g/mol. The molecule has 140 valence electrons. The number of hydrogen-bond acceptors (Lipinski definition) is 5. The zero-order valence-corrected chi connectivity index (χ0v) is 15.6. The predicted octanol–water partition coefficient (Wildman–Crippen LogP) is 4.41. The highest BCUT2D eigenvalue weighted by Crippen LogP contribution is 2.33. The Kier molecular flexibility index (Phi) is 4.20. The molecule has 1 heterocycles. The number of nitrogens with one attached hydrogen (secondary N) is 1. The van der Waals surface area contributed by atoms with Gasteiger partial charge in [-0.15, -0.1) is 0 Å². The van der Waals surface area contributed by atoms with Crippen LogP contribution in [0.4, 0.5) is 11.4 Å². The standard InChI is InChI=1S/C20H15N3O4S/c1-13-10-11-14(12-19(13)23(24)25)28(26,27)22-20-15-6-2-4-8-17(15)21-18-9-5-3-7-16(18)20/h2-12H,1H3,(H,21,22). The summed E-state index contributed by atoms with van der Waals surface area (Å²) in [6, 6.07) is 18.3. The molecule has 4 rings (SSSR count). The van der Waals surface area contributed by atoms with E-state index in [-0.39, 0.29) is 10.6 Å². The van der Waals surface area contributed by atoms with Crippen molar-refractivity contribution in [2.45, 2.75) is 11.8 Å². The second-order valence-electron chi connectivity index (χ2n) is 6.33. The van der Waals surface area contributed by atoms with E-state index in [0.29, 0.717) is 33.1 Å². The number of anilines is 1. The molecule has 0 unspecified atom stereocenters. The first kappa shape index (κ1) is 17.9. The maximum atomic E-state index is 13.0. The zero-order chi connectivity index (χ0) is 19.9. The molecule has 8 heteroatoms. The second-order valence-corrected chi connectivity index (χ2v) is 8.01. The highest BCUT2D eigenvalue weighted by atomic mass is 32.2. The molecule has 0 saturated carbocycles. The Balaban J connectivity index is 1.91. The number of sulfonamides is 1. The van der Waals surface area contributed by atoms with Gasteiger partial charge in [0, 0.05) is 22.4 Å². The quantitative estimate of drug-likeness (QED) is 0.314. The van der Waals surface area contributed by atoms with E-state index in [1.165, 1.54) is 12.1 Å². The van der Waals surface area contributed by atoms with Gasteiger partial charge in [-0.3, -0.25) is 14.8 Å². The minimum absolute atomic E-state index is 0.172. The summed E-state index contributed by atoms with van der Waals surface area (Å²) in [6.07, 6.45) is 0. The summed E-state index contributed by atoms with van der Waals surface area (Å²) in [5, 5.41) is 12.5. The van der Waals surface area contributed by atoms with Crippen LogP contribution < -0.4 is 4.72 Å². The monoisotopic (exact) mass is 393 g/mol. The van der Waals surface area contributed by atoms with E-state index in [0.717, 1.165) is 6.07 Å². The molecule has 0 fully saturated rings. The third-order valence-electron chi connectivity index (χ3n) is 4.51. The Morgan fingerprint density at radius 1 is 0.929 bits per heavy atom. The summed E-state index contributed by atoms with van der Waals surface area (Å²) in [4.78, 5) is 15.0.